The van der Waals surface area contributed by atoms with Crippen molar-refractivity contribution in [2.24, 2.45) is 46.8 Å². The summed E-state index contributed by atoms with van der Waals surface area (Å²) in [6.07, 6.45) is 10.4. The standard InChI is InChI=1S/C22H31ClO4S2/c1-22-10-8-17-16-4-2-14(9-11-23)12-15(16)3-5-18(17)19(22)6-7-20(22)21(24)13-28-29(25,26)27/h14-20H,2-8,10,12-13H2,1H3,(H,25,26,27). The number of Topliss-reactive ketones (excluding diaryl/α,β-unsaturated/α-hetero) is 1. The quantitative estimate of drug-likeness (QED) is 0.357. The smallest absolute Gasteiger partial charge is 0.298 e. The van der Waals surface area contributed by atoms with Gasteiger partial charge in [0.2, 0.25) is 0 Å². The molecule has 4 aliphatic rings. The highest BCUT2D eigenvalue weighted by Crippen LogP contribution is 2.64. The minimum Gasteiger partial charge on any atom is -0.298 e. The molecule has 4 aliphatic carbocycles. The van der Waals surface area contributed by atoms with E-state index in [0.29, 0.717) is 28.5 Å². The number of hydrogen-bond acceptors (Lipinski definition) is 4. The molecule has 0 aromatic carbocycles. The van der Waals surface area contributed by atoms with Crippen molar-refractivity contribution in [3.8, 4) is 11.3 Å². The molecule has 0 aromatic heterocycles. The summed E-state index contributed by atoms with van der Waals surface area (Å²) >= 11 is 5.65. The maximum Gasteiger partial charge on any atom is 0.320 e. The number of fused-ring (bicyclic) bond motifs is 5. The van der Waals surface area contributed by atoms with Crippen molar-refractivity contribution in [1.29, 1.82) is 0 Å². The summed E-state index contributed by atoms with van der Waals surface area (Å²) in [7, 11) is -3.79. The van der Waals surface area contributed by atoms with Crippen LogP contribution in [0.2, 0.25) is 0 Å². The Hall–Kier alpha value is -0.220. The van der Waals surface area contributed by atoms with E-state index in [4.69, 9.17) is 16.2 Å². The van der Waals surface area contributed by atoms with E-state index in [1.807, 2.05) is 0 Å². The Morgan fingerprint density at radius 1 is 1.10 bits per heavy atom. The summed E-state index contributed by atoms with van der Waals surface area (Å²) in [5.74, 6) is 7.11. The van der Waals surface area contributed by atoms with Crippen molar-refractivity contribution < 1.29 is 17.8 Å². The van der Waals surface area contributed by atoms with Gasteiger partial charge in [-0.05, 0) is 104 Å². The lowest BCUT2D eigenvalue weighted by Crippen LogP contribution is -2.49. The van der Waals surface area contributed by atoms with Crippen LogP contribution in [-0.2, 0) is 13.9 Å². The minimum atomic E-state index is -4.16. The molecule has 4 saturated carbocycles. The van der Waals surface area contributed by atoms with Gasteiger partial charge < -0.3 is 0 Å². The number of halogens is 1. The van der Waals surface area contributed by atoms with Gasteiger partial charge in [0.1, 0.15) is 5.78 Å². The number of carbonyl (C=O) groups is 1. The van der Waals surface area contributed by atoms with Crippen LogP contribution in [0.15, 0.2) is 0 Å². The number of ketones is 1. The maximum atomic E-state index is 12.8. The summed E-state index contributed by atoms with van der Waals surface area (Å²) in [6, 6.07) is 0. The van der Waals surface area contributed by atoms with Gasteiger partial charge >= 0.3 is 9.15 Å². The van der Waals surface area contributed by atoms with E-state index in [0.717, 1.165) is 37.0 Å². The highest BCUT2D eigenvalue weighted by Gasteiger charge is 2.58. The van der Waals surface area contributed by atoms with Crippen LogP contribution in [0.1, 0.15) is 64.7 Å². The minimum absolute atomic E-state index is 0.00455. The first-order chi connectivity index (χ1) is 13.7. The molecule has 0 amide bonds. The first kappa shape index (κ1) is 22.0. The lowest BCUT2D eigenvalue weighted by atomic mass is 9.49. The van der Waals surface area contributed by atoms with Gasteiger partial charge in [0.25, 0.3) is 0 Å². The van der Waals surface area contributed by atoms with Gasteiger partial charge in [0.05, 0.1) is 5.75 Å². The molecule has 0 saturated heterocycles. The molecule has 1 N–H and O–H groups in total. The SMILES string of the molecule is CC12CCC3C4CCC(C#CCl)CC4CCC3C1CCC2C(=O)CSS(=O)(=O)O. The van der Waals surface area contributed by atoms with Gasteiger partial charge in [-0.25, -0.2) is 0 Å². The third-order valence-corrected chi connectivity index (χ3v) is 11.0. The average molecular weight is 459 g/mol. The maximum absolute atomic E-state index is 12.8. The van der Waals surface area contributed by atoms with Crippen LogP contribution in [0.4, 0.5) is 0 Å². The number of hydrogen-bond donors (Lipinski definition) is 1. The van der Waals surface area contributed by atoms with Crippen molar-refractivity contribution >= 4 is 37.3 Å². The number of carbonyl (C=O) groups excluding carboxylic acids is 1. The largest absolute Gasteiger partial charge is 0.320 e. The van der Waals surface area contributed by atoms with Crippen LogP contribution >= 0.6 is 22.4 Å². The zero-order valence-electron chi connectivity index (χ0n) is 17.0. The molecule has 4 rings (SSSR count). The van der Waals surface area contributed by atoms with Crippen LogP contribution < -0.4 is 0 Å². The Bertz CT molecular complexity index is 816. The Labute approximate surface area is 183 Å². The second-order valence-corrected chi connectivity index (χ2v) is 13.6. The van der Waals surface area contributed by atoms with E-state index >= 15 is 0 Å². The van der Waals surface area contributed by atoms with Gasteiger partial charge in [-0.1, -0.05) is 12.8 Å². The molecule has 0 aliphatic heterocycles. The Balaban J connectivity index is 1.45. The molecule has 8 atom stereocenters. The van der Waals surface area contributed by atoms with Gasteiger partial charge in [-0.2, -0.15) is 8.42 Å². The topological polar surface area (TPSA) is 71.4 Å². The van der Waals surface area contributed by atoms with E-state index in [1.165, 1.54) is 38.5 Å². The Kier molecular flexibility index (Phi) is 6.35. The van der Waals surface area contributed by atoms with Gasteiger partial charge in [-0.3, -0.25) is 9.35 Å². The lowest BCUT2D eigenvalue weighted by Gasteiger charge is -2.56. The summed E-state index contributed by atoms with van der Waals surface area (Å²) in [5.41, 5.74) is -0.00777. The molecule has 0 aromatic rings. The van der Waals surface area contributed by atoms with Crippen molar-refractivity contribution in [2.75, 3.05) is 5.75 Å². The van der Waals surface area contributed by atoms with E-state index in [-0.39, 0.29) is 22.9 Å². The van der Waals surface area contributed by atoms with E-state index < -0.39 is 9.15 Å². The molecule has 7 heteroatoms. The normalized spacial score (nSPS) is 44.0. The van der Waals surface area contributed by atoms with Gasteiger partial charge in [-0.15, -0.1) is 0 Å². The van der Waals surface area contributed by atoms with E-state index in [9.17, 15) is 13.2 Å². The summed E-state index contributed by atoms with van der Waals surface area (Å²) in [6.45, 7) is 2.28. The monoisotopic (exact) mass is 458 g/mol. The first-order valence-electron chi connectivity index (χ1n) is 11.0. The number of rotatable bonds is 4. The van der Waals surface area contributed by atoms with Crippen LogP contribution in [0.25, 0.3) is 0 Å². The van der Waals surface area contributed by atoms with Crippen molar-refractivity contribution in [3.05, 3.63) is 0 Å². The molecular formula is C22H31ClO4S2. The second-order valence-electron chi connectivity index (χ2n) is 10.0. The molecule has 0 spiro atoms. The van der Waals surface area contributed by atoms with Gasteiger partial charge in [0.15, 0.2) is 0 Å². The lowest BCUT2D eigenvalue weighted by molar-refractivity contribution is -0.127. The Morgan fingerprint density at radius 3 is 2.59 bits per heavy atom. The fourth-order valence-electron chi connectivity index (χ4n) is 7.82. The van der Waals surface area contributed by atoms with E-state index in [2.05, 4.69) is 18.2 Å². The first-order valence-corrected chi connectivity index (χ1v) is 14.3. The molecule has 29 heavy (non-hydrogen) atoms. The fraction of sp³-hybridized carbons (Fsp3) is 0.864. The van der Waals surface area contributed by atoms with Crippen LogP contribution in [-0.4, -0.2) is 24.5 Å². The molecule has 162 valence electrons. The summed E-state index contributed by atoms with van der Waals surface area (Å²) in [4.78, 5) is 12.8. The molecule has 4 fully saturated rings. The fourth-order valence-corrected chi connectivity index (χ4v) is 9.24. The van der Waals surface area contributed by atoms with Gasteiger partial charge in [0, 0.05) is 28.0 Å². The second kappa shape index (κ2) is 8.37. The van der Waals surface area contributed by atoms with Crippen LogP contribution in [0.3, 0.4) is 0 Å². The molecule has 4 nitrogen and oxygen atoms in total. The third kappa shape index (κ3) is 4.27. The van der Waals surface area contributed by atoms with Crippen LogP contribution in [0, 0.1) is 58.1 Å². The molecule has 0 heterocycles. The predicted molar refractivity (Wildman–Crippen MR) is 117 cm³/mol. The zero-order chi connectivity index (χ0) is 20.8. The third-order valence-electron chi connectivity index (χ3n) is 8.95. The highest BCUT2D eigenvalue weighted by atomic mass is 35.5. The van der Waals surface area contributed by atoms with Crippen LogP contribution in [0.5, 0.6) is 0 Å². The average Bonchev–Trinajstić information content (AvgIpc) is 3.03. The zero-order valence-corrected chi connectivity index (χ0v) is 19.4. The van der Waals surface area contributed by atoms with E-state index in [1.54, 1.807) is 0 Å². The predicted octanol–water partition coefficient (Wildman–Crippen LogP) is 5.18. The van der Waals surface area contributed by atoms with Crippen molar-refractivity contribution in [3.63, 3.8) is 0 Å². The van der Waals surface area contributed by atoms with Crippen molar-refractivity contribution in [1.82, 2.24) is 0 Å². The molecule has 0 radical (unpaired) electrons. The molecule has 0 bridgehead atoms. The molecular weight excluding hydrogens is 428 g/mol. The van der Waals surface area contributed by atoms with Crippen molar-refractivity contribution in [2.45, 2.75) is 64.7 Å². The Morgan fingerprint density at radius 2 is 1.86 bits per heavy atom. The molecule has 8 unspecified atom stereocenters. The highest BCUT2D eigenvalue weighted by molar-refractivity contribution is 8.70. The summed E-state index contributed by atoms with van der Waals surface area (Å²) < 4.78 is 31.1. The summed E-state index contributed by atoms with van der Waals surface area (Å²) in [5, 5.41) is 2.59.